The summed E-state index contributed by atoms with van der Waals surface area (Å²) < 4.78 is 37.7. The number of nitrogens with two attached hydrogens (primary N) is 1. The summed E-state index contributed by atoms with van der Waals surface area (Å²) in [5.74, 6) is 5.72. The van der Waals surface area contributed by atoms with Crippen LogP contribution in [0.1, 0.15) is 6.92 Å². The second-order valence-corrected chi connectivity index (χ2v) is 7.51. The van der Waals surface area contributed by atoms with Crippen molar-refractivity contribution in [3.63, 3.8) is 0 Å². The maximum atomic E-state index is 12.1. The van der Waals surface area contributed by atoms with Gasteiger partial charge in [-0.2, -0.15) is 0 Å². The number of nitro benzene ring substituents is 1. The van der Waals surface area contributed by atoms with Crippen LogP contribution in [0, 0.1) is 10.1 Å². The van der Waals surface area contributed by atoms with Gasteiger partial charge in [0.25, 0.3) is 5.69 Å². The molecule has 11 heteroatoms. The Morgan fingerprint density at radius 2 is 2.10 bits per heavy atom. The van der Waals surface area contributed by atoms with Gasteiger partial charge in [0.05, 0.1) is 10.6 Å². The van der Waals surface area contributed by atoms with Crippen LogP contribution in [0.3, 0.4) is 0 Å². The van der Waals surface area contributed by atoms with Crippen LogP contribution in [-0.4, -0.2) is 35.6 Å². The first-order chi connectivity index (χ1) is 9.81. The van der Waals surface area contributed by atoms with Crippen molar-refractivity contribution in [3.05, 3.63) is 28.3 Å². The third-order valence-corrected chi connectivity index (χ3v) is 5.35. The monoisotopic (exact) mass is 336 g/mol. The summed E-state index contributed by atoms with van der Waals surface area (Å²) in [6.07, 6.45) is 0. The van der Waals surface area contributed by atoms with Gasteiger partial charge >= 0.3 is 0 Å². The van der Waals surface area contributed by atoms with Crippen molar-refractivity contribution in [2.45, 2.75) is 11.8 Å². The molecule has 118 valence electrons. The van der Waals surface area contributed by atoms with E-state index in [1.165, 1.54) is 6.07 Å². The Labute approximate surface area is 124 Å². The van der Waals surface area contributed by atoms with Gasteiger partial charge in [-0.3, -0.25) is 20.2 Å². The summed E-state index contributed by atoms with van der Waals surface area (Å²) in [6, 6.07) is 3.41. The van der Waals surface area contributed by atoms with Gasteiger partial charge < -0.3 is 5.43 Å². The smallest absolute Gasteiger partial charge is 0.289 e. The average Bonchev–Trinajstić information content (AvgIpc) is 2.45. The van der Waals surface area contributed by atoms with Gasteiger partial charge in [0.1, 0.15) is 0 Å². The zero-order valence-corrected chi connectivity index (χ0v) is 12.9. The summed E-state index contributed by atoms with van der Waals surface area (Å²) >= 11 is 0. The van der Waals surface area contributed by atoms with Crippen molar-refractivity contribution in [1.29, 1.82) is 0 Å². The van der Waals surface area contributed by atoms with E-state index in [2.05, 4.69) is 10.1 Å². The van der Waals surface area contributed by atoms with Gasteiger partial charge in [0.2, 0.25) is 10.0 Å². The van der Waals surface area contributed by atoms with Gasteiger partial charge in [-0.15, -0.1) is 0 Å². The molecule has 1 rings (SSSR count). The lowest BCUT2D eigenvalue weighted by Gasteiger charge is -2.08. The number of rotatable bonds is 8. The Balaban J connectivity index is 3.05. The Morgan fingerprint density at radius 1 is 1.43 bits per heavy atom. The number of nitro groups is 1. The van der Waals surface area contributed by atoms with E-state index in [-0.39, 0.29) is 18.0 Å². The van der Waals surface area contributed by atoms with Gasteiger partial charge in [-0.25, -0.2) is 13.1 Å². The summed E-state index contributed by atoms with van der Waals surface area (Å²) in [5.41, 5.74) is 1.89. The molecule has 1 atom stereocenters. The molecule has 0 saturated heterocycles. The molecule has 0 spiro atoms. The van der Waals surface area contributed by atoms with Gasteiger partial charge in [0.15, 0.2) is 4.90 Å². The standard InChI is InChI=1S/C10H16N4O5S2/c1-2-20(17)6-5-12-21(18,19)10-7-8(13-11)3-4-9(10)14(15)16/h3-4,7,12-13H,2,5-6,11H2,1H3. The van der Waals surface area contributed by atoms with E-state index < -0.39 is 36.3 Å². The molecule has 1 unspecified atom stereocenters. The minimum Gasteiger partial charge on any atom is -0.324 e. The molecule has 0 aromatic heterocycles. The molecule has 0 radical (unpaired) electrons. The molecule has 1 aromatic rings. The quantitative estimate of drug-likeness (QED) is 0.342. The van der Waals surface area contributed by atoms with E-state index in [0.29, 0.717) is 5.75 Å². The van der Waals surface area contributed by atoms with Crippen molar-refractivity contribution in [1.82, 2.24) is 4.72 Å². The fourth-order valence-corrected chi connectivity index (χ4v) is 3.46. The predicted molar refractivity (Wildman–Crippen MR) is 79.6 cm³/mol. The Kier molecular flexibility index (Phi) is 6.20. The number of hydrogen-bond acceptors (Lipinski definition) is 7. The first-order valence-corrected chi connectivity index (χ1v) is 8.88. The van der Waals surface area contributed by atoms with Crippen LogP contribution in [0.4, 0.5) is 11.4 Å². The SMILES string of the molecule is CCS(=O)CCNS(=O)(=O)c1cc(NN)ccc1[N+](=O)[O-]. The van der Waals surface area contributed by atoms with Crippen molar-refractivity contribution < 1.29 is 17.6 Å². The van der Waals surface area contributed by atoms with E-state index in [9.17, 15) is 22.7 Å². The van der Waals surface area contributed by atoms with Crippen LogP contribution < -0.4 is 16.0 Å². The number of hydrazine groups is 1. The second-order valence-electron chi connectivity index (χ2n) is 3.91. The van der Waals surface area contributed by atoms with Gasteiger partial charge in [-0.05, 0) is 12.1 Å². The molecule has 1 aromatic carbocycles. The number of sulfonamides is 1. The summed E-state index contributed by atoms with van der Waals surface area (Å²) in [4.78, 5) is 9.62. The van der Waals surface area contributed by atoms with E-state index in [1.54, 1.807) is 6.92 Å². The molecule has 0 amide bonds. The van der Waals surface area contributed by atoms with E-state index in [1.807, 2.05) is 0 Å². The average molecular weight is 336 g/mol. The first kappa shape index (κ1) is 17.5. The first-order valence-electron chi connectivity index (χ1n) is 5.91. The number of nitrogens with zero attached hydrogens (tertiary/aromatic N) is 1. The normalized spacial score (nSPS) is 12.9. The fraction of sp³-hybridized carbons (Fsp3) is 0.400. The zero-order valence-electron chi connectivity index (χ0n) is 11.2. The minimum atomic E-state index is -4.09. The summed E-state index contributed by atoms with van der Waals surface area (Å²) in [5, 5.41) is 10.9. The van der Waals surface area contributed by atoms with E-state index in [0.717, 1.165) is 12.1 Å². The molecule has 0 aliphatic carbocycles. The van der Waals surface area contributed by atoms with Gasteiger partial charge in [0, 0.05) is 34.9 Å². The molecule has 0 heterocycles. The molecular weight excluding hydrogens is 320 g/mol. The van der Waals surface area contributed by atoms with E-state index in [4.69, 9.17) is 5.84 Å². The third kappa shape index (κ3) is 4.74. The Morgan fingerprint density at radius 3 is 2.62 bits per heavy atom. The van der Waals surface area contributed by atoms with Gasteiger partial charge in [-0.1, -0.05) is 6.92 Å². The van der Waals surface area contributed by atoms with Crippen LogP contribution in [-0.2, 0) is 20.8 Å². The summed E-state index contributed by atoms with van der Waals surface area (Å²) in [7, 11) is -5.23. The lowest BCUT2D eigenvalue weighted by Crippen LogP contribution is -2.29. The molecule has 0 fully saturated rings. The number of nitrogen functional groups attached to an aromatic ring is 1. The maximum Gasteiger partial charge on any atom is 0.289 e. The Bertz CT molecular complexity index is 647. The molecular formula is C10H16N4O5S2. The predicted octanol–water partition coefficient (Wildman–Crippen LogP) is -0.0727. The van der Waals surface area contributed by atoms with Crippen molar-refractivity contribution in [2.75, 3.05) is 23.5 Å². The molecule has 4 N–H and O–H groups in total. The van der Waals surface area contributed by atoms with Crippen LogP contribution in [0.5, 0.6) is 0 Å². The van der Waals surface area contributed by atoms with Crippen LogP contribution in [0.15, 0.2) is 23.1 Å². The largest absolute Gasteiger partial charge is 0.324 e. The highest BCUT2D eigenvalue weighted by molar-refractivity contribution is 7.89. The molecule has 0 saturated carbocycles. The van der Waals surface area contributed by atoms with Crippen LogP contribution in [0.2, 0.25) is 0 Å². The van der Waals surface area contributed by atoms with E-state index >= 15 is 0 Å². The highest BCUT2D eigenvalue weighted by atomic mass is 32.2. The highest BCUT2D eigenvalue weighted by Gasteiger charge is 2.26. The van der Waals surface area contributed by atoms with Crippen molar-refractivity contribution in [2.24, 2.45) is 5.84 Å². The number of benzene rings is 1. The number of nitrogens with one attached hydrogen (secondary N) is 2. The molecule has 9 nitrogen and oxygen atoms in total. The van der Waals surface area contributed by atoms with Crippen LogP contribution >= 0.6 is 0 Å². The number of hydrogen-bond donors (Lipinski definition) is 3. The maximum absolute atomic E-state index is 12.1. The summed E-state index contributed by atoms with van der Waals surface area (Å²) in [6.45, 7) is 1.64. The highest BCUT2D eigenvalue weighted by Crippen LogP contribution is 2.26. The lowest BCUT2D eigenvalue weighted by molar-refractivity contribution is -0.387. The zero-order chi connectivity index (χ0) is 16.0. The number of anilines is 1. The fourth-order valence-electron chi connectivity index (χ4n) is 1.48. The molecule has 21 heavy (non-hydrogen) atoms. The topological polar surface area (TPSA) is 144 Å². The van der Waals surface area contributed by atoms with Crippen LogP contribution in [0.25, 0.3) is 0 Å². The minimum absolute atomic E-state index is 0.0692. The van der Waals surface area contributed by atoms with Crippen molar-refractivity contribution >= 4 is 32.2 Å². The second kappa shape index (κ2) is 7.45. The molecule has 0 aliphatic heterocycles. The Hall–Kier alpha value is -1.56. The lowest BCUT2D eigenvalue weighted by atomic mass is 10.3. The third-order valence-electron chi connectivity index (χ3n) is 2.56. The van der Waals surface area contributed by atoms with Crippen molar-refractivity contribution in [3.8, 4) is 0 Å². The molecule has 0 aliphatic rings. The molecule has 0 bridgehead atoms.